The van der Waals surface area contributed by atoms with Crippen molar-refractivity contribution in [2.24, 2.45) is 0 Å². The Balaban J connectivity index is 1.56. The normalized spacial score (nSPS) is 18.2. The number of nitrogens with one attached hydrogen (secondary N) is 1. The van der Waals surface area contributed by atoms with Crippen LogP contribution in [-0.4, -0.2) is 36.2 Å². The molecular weight excluding hydrogens is 366 g/mol. The minimum absolute atomic E-state index is 0.0120. The van der Waals surface area contributed by atoms with Gasteiger partial charge in [0, 0.05) is 37.8 Å². The van der Waals surface area contributed by atoms with Crippen molar-refractivity contribution in [3.8, 4) is 11.6 Å². The standard InChI is InChI=1S/C23H31N3O3/c1-5-16(2)28-23-14-20(10-12-24-23)26-13-11-22(15-26)29-21-8-6-19(7-9-21)17(3)25-18(4)27/h6-10,12,14,16-17,22H,5,11,13,15H2,1-4H3,(H,25,27)/t16?,17-,22+/m0/s1. The van der Waals surface area contributed by atoms with Crippen LogP contribution in [0.3, 0.4) is 0 Å². The Labute approximate surface area is 173 Å². The highest BCUT2D eigenvalue weighted by molar-refractivity contribution is 5.73. The molecule has 1 unspecified atom stereocenters. The van der Waals surface area contributed by atoms with Gasteiger partial charge in [0.1, 0.15) is 11.9 Å². The van der Waals surface area contributed by atoms with Gasteiger partial charge in [-0.1, -0.05) is 19.1 Å². The molecule has 6 heteroatoms. The zero-order valence-corrected chi connectivity index (χ0v) is 17.7. The maximum atomic E-state index is 11.2. The fourth-order valence-electron chi connectivity index (χ4n) is 3.42. The molecule has 29 heavy (non-hydrogen) atoms. The zero-order valence-electron chi connectivity index (χ0n) is 17.7. The summed E-state index contributed by atoms with van der Waals surface area (Å²) in [7, 11) is 0. The van der Waals surface area contributed by atoms with Gasteiger partial charge in [-0.2, -0.15) is 0 Å². The number of amides is 1. The number of anilines is 1. The average molecular weight is 398 g/mol. The first-order chi connectivity index (χ1) is 13.9. The molecule has 1 amide bonds. The van der Waals surface area contributed by atoms with E-state index in [1.54, 1.807) is 6.20 Å². The Bertz CT molecular complexity index is 809. The second kappa shape index (κ2) is 9.63. The molecule has 0 bridgehead atoms. The van der Waals surface area contributed by atoms with Crippen LogP contribution in [-0.2, 0) is 4.79 Å². The van der Waals surface area contributed by atoms with E-state index >= 15 is 0 Å². The molecule has 1 aromatic heterocycles. The van der Waals surface area contributed by atoms with E-state index in [-0.39, 0.29) is 24.2 Å². The minimum Gasteiger partial charge on any atom is -0.489 e. The Morgan fingerprint density at radius 1 is 1.28 bits per heavy atom. The van der Waals surface area contributed by atoms with Crippen LogP contribution in [0.25, 0.3) is 0 Å². The van der Waals surface area contributed by atoms with E-state index in [0.29, 0.717) is 5.88 Å². The number of ether oxygens (including phenoxy) is 2. The Morgan fingerprint density at radius 2 is 2.03 bits per heavy atom. The van der Waals surface area contributed by atoms with Crippen molar-refractivity contribution in [2.45, 2.75) is 58.8 Å². The van der Waals surface area contributed by atoms with Gasteiger partial charge in [0.05, 0.1) is 18.7 Å². The van der Waals surface area contributed by atoms with Crippen molar-refractivity contribution in [2.75, 3.05) is 18.0 Å². The number of rotatable bonds is 8. The summed E-state index contributed by atoms with van der Waals surface area (Å²) >= 11 is 0. The molecular formula is C23H31N3O3. The maximum absolute atomic E-state index is 11.2. The van der Waals surface area contributed by atoms with Gasteiger partial charge in [0.25, 0.3) is 0 Å². The number of carbonyl (C=O) groups is 1. The monoisotopic (exact) mass is 397 g/mol. The Morgan fingerprint density at radius 3 is 2.72 bits per heavy atom. The van der Waals surface area contributed by atoms with Gasteiger partial charge in [-0.25, -0.2) is 4.98 Å². The fraction of sp³-hybridized carbons (Fsp3) is 0.478. The van der Waals surface area contributed by atoms with Crippen LogP contribution in [0, 0.1) is 0 Å². The van der Waals surface area contributed by atoms with E-state index < -0.39 is 0 Å². The van der Waals surface area contributed by atoms with Crippen LogP contribution >= 0.6 is 0 Å². The fourth-order valence-corrected chi connectivity index (χ4v) is 3.42. The van der Waals surface area contributed by atoms with Gasteiger partial charge in [0.2, 0.25) is 11.8 Å². The molecule has 2 heterocycles. The number of benzene rings is 1. The summed E-state index contributed by atoms with van der Waals surface area (Å²) in [5.74, 6) is 1.49. The van der Waals surface area contributed by atoms with Crippen molar-refractivity contribution in [1.29, 1.82) is 0 Å². The summed E-state index contributed by atoms with van der Waals surface area (Å²) in [6.45, 7) is 9.42. The van der Waals surface area contributed by atoms with Crippen LogP contribution in [0.5, 0.6) is 11.6 Å². The molecule has 0 aliphatic carbocycles. The van der Waals surface area contributed by atoms with Gasteiger partial charge in [0.15, 0.2) is 0 Å². The van der Waals surface area contributed by atoms with Gasteiger partial charge in [-0.15, -0.1) is 0 Å². The molecule has 1 N–H and O–H groups in total. The molecule has 156 valence electrons. The second-order valence-corrected chi connectivity index (χ2v) is 7.65. The molecule has 1 aliphatic heterocycles. The summed E-state index contributed by atoms with van der Waals surface area (Å²) in [4.78, 5) is 17.8. The van der Waals surface area contributed by atoms with Crippen LogP contribution in [0.4, 0.5) is 5.69 Å². The number of hydrogen-bond acceptors (Lipinski definition) is 5. The highest BCUT2D eigenvalue weighted by Crippen LogP contribution is 2.26. The average Bonchev–Trinajstić information content (AvgIpc) is 3.16. The van der Waals surface area contributed by atoms with Gasteiger partial charge < -0.3 is 19.7 Å². The number of hydrogen-bond donors (Lipinski definition) is 1. The summed E-state index contributed by atoms with van der Waals surface area (Å²) in [6, 6.07) is 12.0. The lowest BCUT2D eigenvalue weighted by atomic mass is 10.1. The van der Waals surface area contributed by atoms with E-state index in [0.717, 1.165) is 42.9 Å². The molecule has 1 aromatic carbocycles. The third-order valence-electron chi connectivity index (χ3n) is 5.23. The molecule has 0 radical (unpaired) electrons. The maximum Gasteiger partial charge on any atom is 0.217 e. The lowest BCUT2D eigenvalue weighted by Crippen LogP contribution is -2.25. The van der Waals surface area contributed by atoms with E-state index in [9.17, 15) is 4.79 Å². The van der Waals surface area contributed by atoms with E-state index in [1.165, 1.54) is 6.92 Å². The zero-order chi connectivity index (χ0) is 20.8. The topological polar surface area (TPSA) is 63.7 Å². The smallest absolute Gasteiger partial charge is 0.217 e. The Hall–Kier alpha value is -2.76. The lowest BCUT2D eigenvalue weighted by molar-refractivity contribution is -0.119. The summed E-state index contributed by atoms with van der Waals surface area (Å²) in [5.41, 5.74) is 2.18. The predicted molar refractivity (Wildman–Crippen MR) is 115 cm³/mol. The number of carbonyl (C=O) groups excluding carboxylic acids is 1. The largest absolute Gasteiger partial charge is 0.489 e. The first-order valence-electron chi connectivity index (χ1n) is 10.4. The highest BCUT2D eigenvalue weighted by Gasteiger charge is 2.25. The predicted octanol–water partition coefficient (Wildman–Crippen LogP) is 4.11. The first-order valence-corrected chi connectivity index (χ1v) is 10.4. The van der Waals surface area contributed by atoms with Crippen LogP contribution < -0.4 is 19.7 Å². The first kappa shape index (κ1) is 21.0. The van der Waals surface area contributed by atoms with Crippen LogP contribution in [0.2, 0.25) is 0 Å². The number of aromatic nitrogens is 1. The van der Waals surface area contributed by atoms with Crippen molar-refractivity contribution in [3.63, 3.8) is 0 Å². The summed E-state index contributed by atoms with van der Waals surface area (Å²) < 4.78 is 12.0. The van der Waals surface area contributed by atoms with E-state index in [2.05, 4.69) is 29.0 Å². The molecule has 1 saturated heterocycles. The molecule has 0 spiro atoms. The number of nitrogens with zero attached hydrogens (tertiary/aromatic N) is 2. The number of pyridine rings is 1. The molecule has 3 rings (SSSR count). The van der Waals surface area contributed by atoms with Crippen LogP contribution in [0.1, 0.15) is 52.1 Å². The van der Waals surface area contributed by atoms with E-state index in [1.807, 2.05) is 43.3 Å². The van der Waals surface area contributed by atoms with Gasteiger partial charge >= 0.3 is 0 Å². The molecule has 6 nitrogen and oxygen atoms in total. The molecule has 1 fully saturated rings. The van der Waals surface area contributed by atoms with Crippen molar-refractivity contribution >= 4 is 11.6 Å². The van der Waals surface area contributed by atoms with Gasteiger partial charge in [-0.3, -0.25) is 4.79 Å². The molecule has 1 aliphatic rings. The van der Waals surface area contributed by atoms with Gasteiger partial charge in [-0.05, 0) is 44.0 Å². The second-order valence-electron chi connectivity index (χ2n) is 7.65. The minimum atomic E-state index is -0.0299. The lowest BCUT2D eigenvalue weighted by Gasteiger charge is -2.20. The van der Waals surface area contributed by atoms with Crippen molar-refractivity contribution in [3.05, 3.63) is 48.2 Å². The third kappa shape index (κ3) is 5.86. The molecule has 3 atom stereocenters. The quantitative estimate of drug-likeness (QED) is 0.726. The highest BCUT2D eigenvalue weighted by atomic mass is 16.5. The van der Waals surface area contributed by atoms with Crippen molar-refractivity contribution in [1.82, 2.24) is 10.3 Å². The molecule has 2 aromatic rings. The van der Waals surface area contributed by atoms with E-state index in [4.69, 9.17) is 9.47 Å². The van der Waals surface area contributed by atoms with Crippen molar-refractivity contribution < 1.29 is 14.3 Å². The molecule has 0 saturated carbocycles. The third-order valence-corrected chi connectivity index (χ3v) is 5.23. The SMILES string of the molecule is CCC(C)Oc1cc(N2CC[C@@H](Oc3ccc([C@H](C)NC(C)=O)cc3)C2)ccn1. The van der Waals surface area contributed by atoms with Crippen LogP contribution in [0.15, 0.2) is 42.6 Å². The summed E-state index contributed by atoms with van der Waals surface area (Å²) in [6.07, 6.45) is 4.02. The Kier molecular flexibility index (Phi) is 6.96. The summed E-state index contributed by atoms with van der Waals surface area (Å²) in [5, 5.41) is 2.89.